The monoisotopic (exact) mass is 425 g/mol. The van der Waals surface area contributed by atoms with Gasteiger partial charge in [0.1, 0.15) is 0 Å². The molecule has 21 heavy (non-hydrogen) atoms. The molecule has 2 aliphatic heterocycles. The molecule has 0 saturated carbocycles. The molecule has 0 bridgehead atoms. The van der Waals surface area contributed by atoms with Crippen molar-refractivity contribution in [1.82, 2.24) is 0 Å². The second kappa shape index (κ2) is 9.04. The van der Waals surface area contributed by atoms with E-state index in [1.54, 1.807) is 0 Å². The van der Waals surface area contributed by atoms with Crippen LogP contribution in [0.25, 0.3) is 0 Å². The number of rotatable bonds is 1. The Hall–Kier alpha value is 1.40. The Morgan fingerprint density at radius 1 is 0.714 bits per heavy atom. The van der Waals surface area contributed by atoms with E-state index in [0.29, 0.717) is 22.0 Å². The Bertz CT molecular complexity index is 270. The molecule has 0 aromatic heterocycles. The first-order valence-electron chi connectivity index (χ1n) is 7.17. The van der Waals surface area contributed by atoms with E-state index in [-0.39, 0.29) is 34.3 Å². The van der Waals surface area contributed by atoms with E-state index in [0.717, 1.165) is 13.2 Å². The Balaban J connectivity index is 0. The summed E-state index contributed by atoms with van der Waals surface area (Å²) in [6, 6.07) is 0. The summed E-state index contributed by atoms with van der Waals surface area (Å²) in [7, 11) is -0.926. The van der Waals surface area contributed by atoms with Gasteiger partial charge in [0.05, 0.1) is 35.8 Å². The first-order valence-corrected chi connectivity index (χ1v) is 10.7. The molecular formula is C16H36O2P2Rh+2. The van der Waals surface area contributed by atoms with Crippen molar-refractivity contribution in [2.75, 3.05) is 25.5 Å². The van der Waals surface area contributed by atoms with E-state index in [9.17, 15) is 0 Å². The molecular weight excluding hydrogens is 389 g/mol. The van der Waals surface area contributed by atoms with E-state index in [2.05, 4.69) is 41.5 Å². The Morgan fingerprint density at radius 3 is 1.24 bits per heavy atom. The van der Waals surface area contributed by atoms with Crippen molar-refractivity contribution in [3.63, 3.8) is 0 Å². The van der Waals surface area contributed by atoms with Crippen LogP contribution in [-0.2, 0) is 29.0 Å². The molecule has 0 N–H and O–H groups in total. The van der Waals surface area contributed by atoms with Crippen LogP contribution >= 0.6 is 15.8 Å². The van der Waals surface area contributed by atoms with E-state index in [1.807, 2.05) is 0 Å². The average molecular weight is 425 g/mol. The molecule has 2 aliphatic rings. The summed E-state index contributed by atoms with van der Waals surface area (Å²) in [5.41, 5.74) is 0. The molecule has 0 aromatic rings. The molecule has 2 nitrogen and oxygen atoms in total. The van der Waals surface area contributed by atoms with Crippen molar-refractivity contribution >= 4 is 15.8 Å². The van der Waals surface area contributed by atoms with Crippen LogP contribution in [0.1, 0.15) is 41.5 Å². The van der Waals surface area contributed by atoms with Crippen LogP contribution in [0.2, 0.25) is 0 Å². The van der Waals surface area contributed by atoms with Crippen LogP contribution < -0.4 is 0 Å². The first-order chi connectivity index (χ1) is 8.21. The van der Waals surface area contributed by atoms with E-state index in [4.69, 9.17) is 9.47 Å². The summed E-state index contributed by atoms with van der Waals surface area (Å²) >= 11 is 0. The van der Waals surface area contributed by atoms with Crippen LogP contribution in [0.4, 0.5) is 0 Å². The normalized spacial score (nSPS) is 32.9. The van der Waals surface area contributed by atoms with E-state index < -0.39 is 15.8 Å². The second-order valence-electron chi connectivity index (χ2n) is 7.63. The third-order valence-corrected chi connectivity index (χ3v) is 12.2. The predicted octanol–water partition coefficient (Wildman–Crippen LogP) is 4.62. The van der Waals surface area contributed by atoms with Gasteiger partial charge in [0.25, 0.3) is 0 Å². The van der Waals surface area contributed by atoms with Crippen LogP contribution in [0.3, 0.4) is 0 Å². The fraction of sp³-hybridized carbons (Fsp3) is 0.875. The zero-order chi connectivity index (χ0) is 13.6. The quantitative estimate of drug-likeness (QED) is 0.347. The molecule has 0 aliphatic carbocycles. The van der Waals surface area contributed by atoms with E-state index >= 15 is 0 Å². The Labute approximate surface area is 148 Å². The minimum Gasteiger partial charge on any atom is -0.358 e. The number of ether oxygens (including phenoxy) is 2. The number of hydrogen-bond acceptors (Lipinski definition) is 2. The van der Waals surface area contributed by atoms with Crippen molar-refractivity contribution in [2.24, 2.45) is 0 Å². The minimum atomic E-state index is -0.463. The molecule has 0 aromatic carbocycles. The maximum absolute atomic E-state index is 6.15. The van der Waals surface area contributed by atoms with Gasteiger partial charge in [-0.1, -0.05) is 0 Å². The summed E-state index contributed by atoms with van der Waals surface area (Å²) in [5, 5.41) is 0.866. The molecule has 4 atom stereocenters. The van der Waals surface area contributed by atoms with Crippen LogP contribution in [-0.4, -0.2) is 47.5 Å². The number of hydrogen-bond donors (Lipinski definition) is 0. The zero-order valence-corrected chi connectivity index (χ0v) is 18.8. The third kappa shape index (κ3) is 5.76. The van der Waals surface area contributed by atoms with Gasteiger partial charge in [0.2, 0.25) is 11.7 Å². The SMILES string of the molecule is CC(C)(C)[PH+]1CCO[C@@H]1[C@H]1OCC[PH+]1C(C)(C)C.[CH3-].[CH3-].[Rh+2]. The van der Waals surface area contributed by atoms with Crippen LogP contribution in [0, 0.1) is 14.9 Å². The van der Waals surface area contributed by atoms with Crippen LogP contribution in [0.5, 0.6) is 0 Å². The first kappa shape index (κ1) is 24.7. The van der Waals surface area contributed by atoms with Gasteiger partial charge in [-0.05, 0) is 41.5 Å². The predicted molar refractivity (Wildman–Crippen MR) is 98.2 cm³/mol. The second-order valence-corrected chi connectivity index (χ2v) is 14.9. The van der Waals surface area contributed by atoms with Gasteiger partial charge in [-0.15, -0.1) is 0 Å². The van der Waals surface area contributed by atoms with Crippen molar-refractivity contribution < 1.29 is 29.0 Å². The molecule has 0 spiro atoms. The molecule has 2 fully saturated rings. The molecule has 1 radical (unpaired) electrons. The van der Waals surface area contributed by atoms with Gasteiger partial charge in [0.15, 0.2) is 0 Å². The Kier molecular flexibility index (Phi) is 10.6. The summed E-state index contributed by atoms with van der Waals surface area (Å²) in [6.45, 7) is 16.3. The summed E-state index contributed by atoms with van der Waals surface area (Å²) < 4.78 is 12.3. The maximum Gasteiger partial charge on any atom is 2.00 e. The zero-order valence-electron chi connectivity index (χ0n) is 15.1. The van der Waals surface area contributed by atoms with Gasteiger partial charge in [-0.2, -0.15) is 0 Å². The molecule has 5 heteroatoms. The summed E-state index contributed by atoms with van der Waals surface area (Å²) in [5.74, 6) is 0.899. The van der Waals surface area contributed by atoms with Gasteiger partial charge >= 0.3 is 19.5 Å². The largest absolute Gasteiger partial charge is 2.00 e. The Morgan fingerprint density at radius 2 is 1.00 bits per heavy atom. The van der Waals surface area contributed by atoms with E-state index in [1.165, 1.54) is 12.3 Å². The third-order valence-electron chi connectivity index (χ3n) is 4.23. The standard InChI is InChI=1S/C14H28O2P2.2CH3.Rh/c1-13(2,3)17-9-7-15-11(17)12-16-8-10-18(12)14(4,5)6;;;/h11-12H,7-10H2,1-6H3;2*1H3;/q;2*-1;+2/p+2/t11-,12-,17?,18?;;;/m0.../s1. The summed E-state index contributed by atoms with van der Waals surface area (Å²) in [4.78, 5) is 0. The maximum atomic E-state index is 6.15. The van der Waals surface area contributed by atoms with Crippen molar-refractivity contribution in [3.8, 4) is 0 Å². The topological polar surface area (TPSA) is 18.5 Å². The van der Waals surface area contributed by atoms with Gasteiger partial charge < -0.3 is 24.3 Å². The molecule has 2 unspecified atom stereocenters. The van der Waals surface area contributed by atoms with Crippen molar-refractivity contribution in [1.29, 1.82) is 0 Å². The van der Waals surface area contributed by atoms with Gasteiger partial charge in [-0.25, -0.2) is 0 Å². The van der Waals surface area contributed by atoms with Crippen molar-refractivity contribution in [2.45, 2.75) is 63.5 Å². The minimum absolute atomic E-state index is 0. The molecule has 2 saturated heterocycles. The average Bonchev–Trinajstić information content (AvgIpc) is 2.83. The van der Waals surface area contributed by atoms with Crippen molar-refractivity contribution in [3.05, 3.63) is 14.9 Å². The van der Waals surface area contributed by atoms with Gasteiger partial charge in [-0.3, -0.25) is 0 Å². The smallest absolute Gasteiger partial charge is 0.358 e. The molecule has 129 valence electrons. The molecule has 2 rings (SSSR count). The fourth-order valence-electron chi connectivity index (χ4n) is 3.22. The molecule has 0 amide bonds. The van der Waals surface area contributed by atoms with Crippen LogP contribution in [0.15, 0.2) is 0 Å². The summed E-state index contributed by atoms with van der Waals surface area (Å²) in [6.07, 6.45) is 2.61. The van der Waals surface area contributed by atoms with Gasteiger partial charge in [0, 0.05) is 15.8 Å². The molecule has 2 heterocycles. The fourth-order valence-corrected chi connectivity index (χ4v) is 10.4.